The Morgan fingerprint density at radius 1 is 1.16 bits per heavy atom. The van der Waals surface area contributed by atoms with Crippen molar-refractivity contribution < 1.29 is 20.1 Å². The van der Waals surface area contributed by atoms with Gasteiger partial charge in [0.05, 0.1) is 17.3 Å². The van der Waals surface area contributed by atoms with Crippen LogP contribution in [0, 0.1) is 11.8 Å². The van der Waals surface area contributed by atoms with Gasteiger partial charge in [-0.25, -0.2) is 0 Å². The smallest absolute Gasteiger partial charge is 0.138 e. The Morgan fingerprint density at radius 2 is 1.76 bits per heavy atom. The van der Waals surface area contributed by atoms with E-state index in [0.29, 0.717) is 31.1 Å². The summed E-state index contributed by atoms with van der Waals surface area (Å²) >= 11 is 0. The maximum Gasteiger partial charge on any atom is 0.138 e. The van der Waals surface area contributed by atoms with Crippen LogP contribution < -0.4 is 0 Å². The molecule has 0 aliphatic heterocycles. The topological polar surface area (TPSA) is 77.8 Å². The fraction of sp³-hybridized carbons (Fsp3) is 0.762. The number of allylic oxidation sites excluding steroid dienone is 1. The Kier molecular flexibility index (Phi) is 8.04. The minimum absolute atomic E-state index is 0.0132. The van der Waals surface area contributed by atoms with Gasteiger partial charge in [0, 0.05) is 12.8 Å². The summed E-state index contributed by atoms with van der Waals surface area (Å²) in [5, 5.41) is 31.2. The molecule has 25 heavy (non-hydrogen) atoms. The van der Waals surface area contributed by atoms with Crippen LogP contribution in [0.5, 0.6) is 0 Å². The molecule has 4 atom stereocenters. The summed E-state index contributed by atoms with van der Waals surface area (Å²) in [7, 11) is 0. The van der Waals surface area contributed by atoms with Gasteiger partial charge in [-0.2, -0.15) is 0 Å². The SMILES string of the molecule is C=C1CC[C@@H](C(C)C)/C=C/C[C@@](C)(O)CC(=O)C[C@@](C)(O)CC[C@@H]1O. The molecule has 1 aliphatic carbocycles. The Balaban J connectivity index is 2.95. The van der Waals surface area contributed by atoms with Gasteiger partial charge in [0.15, 0.2) is 0 Å². The second-order valence-corrected chi connectivity index (χ2v) is 8.68. The van der Waals surface area contributed by atoms with E-state index >= 15 is 0 Å². The number of hydrogen-bond donors (Lipinski definition) is 3. The molecule has 1 aliphatic rings. The zero-order chi connectivity index (χ0) is 19.3. The second-order valence-electron chi connectivity index (χ2n) is 8.68. The summed E-state index contributed by atoms with van der Waals surface area (Å²) in [6.07, 6.45) is 6.15. The van der Waals surface area contributed by atoms with E-state index in [-0.39, 0.29) is 18.6 Å². The lowest BCUT2D eigenvalue weighted by atomic mass is 9.86. The maximum atomic E-state index is 12.2. The first-order valence-corrected chi connectivity index (χ1v) is 9.41. The summed E-state index contributed by atoms with van der Waals surface area (Å²) in [6, 6.07) is 0. The number of ketones is 1. The highest BCUT2D eigenvalue weighted by atomic mass is 16.3. The van der Waals surface area contributed by atoms with Crippen LogP contribution >= 0.6 is 0 Å². The lowest BCUT2D eigenvalue weighted by Gasteiger charge is -2.26. The average molecular weight is 353 g/mol. The van der Waals surface area contributed by atoms with Gasteiger partial charge >= 0.3 is 0 Å². The number of aliphatic hydroxyl groups is 3. The van der Waals surface area contributed by atoms with Crippen molar-refractivity contribution in [1.82, 2.24) is 0 Å². The highest BCUT2D eigenvalue weighted by molar-refractivity contribution is 5.80. The molecule has 0 saturated carbocycles. The molecule has 0 aromatic heterocycles. The Bertz CT molecular complexity index is 488. The molecule has 144 valence electrons. The largest absolute Gasteiger partial charge is 0.390 e. The molecule has 0 amide bonds. The maximum absolute atomic E-state index is 12.2. The van der Waals surface area contributed by atoms with Crippen molar-refractivity contribution in [1.29, 1.82) is 0 Å². The van der Waals surface area contributed by atoms with Gasteiger partial charge in [-0.15, -0.1) is 0 Å². The molecule has 0 bridgehead atoms. The summed E-state index contributed by atoms with van der Waals surface area (Å²) in [4.78, 5) is 12.2. The fourth-order valence-corrected chi connectivity index (χ4v) is 3.39. The van der Waals surface area contributed by atoms with Gasteiger partial charge in [-0.05, 0) is 63.4 Å². The summed E-state index contributed by atoms with van der Waals surface area (Å²) < 4.78 is 0. The second kappa shape index (κ2) is 9.11. The number of carbonyl (C=O) groups excluding carboxylic acids is 1. The number of rotatable bonds is 1. The van der Waals surface area contributed by atoms with Crippen molar-refractivity contribution >= 4 is 5.78 Å². The van der Waals surface area contributed by atoms with Crippen LogP contribution in [-0.2, 0) is 4.79 Å². The highest BCUT2D eigenvalue weighted by Crippen LogP contribution is 2.28. The first-order valence-electron chi connectivity index (χ1n) is 9.41. The quantitative estimate of drug-likeness (QED) is 0.631. The summed E-state index contributed by atoms with van der Waals surface area (Å²) in [6.45, 7) is 11.6. The van der Waals surface area contributed by atoms with Crippen molar-refractivity contribution in [3.8, 4) is 0 Å². The Hall–Kier alpha value is -0.970. The zero-order valence-electron chi connectivity index (χ0n) is 16.3. The van der Waals surface area contributed by atoms with Crippen LogP contribution in [0.25, 0.3) is 0 Å². The molecule has 4 heteroatoms. The molecule has 0 aromatic carbocycles. The van der Waals surface area contributed by atoms with Crippen LogP contribution in [0.15, 0.2) is 24.3 Å². The van der Waals surface area contributed by atoms with Crippen LogP contribution in [-0.4, -0.2) is 38.4 Å². The number of Topliss-reactive ketones (excluding diaryl/α,β-unsaturated/α-hetero) is 1. The third kappa shape index (κ3) is 8.30. The van der Waals surface area contributed by atoms with Crippen LogP contribution in [0.2, 0.25) is 0 Å². The van der Waals surface area contributed by atoms with E-state index < -0.39 is 17.3 Å². The number of hydrogen-bond acceptors (Lipinski definition) is 4. The van der Waals surface area contributed by atoms with E-state index in [1.165, 1.54) is 0 Å². The molecular formula is C21H36O4. The first kappa shape index (κ1) is 22.1. The number of carbonyl (C=O) groups is 1. The molecule has 4 nitrogen and oxygen atoms in total. The number of aliphatic hydroxyl groups excluding tert-OH is 1. The molecule has 1 rings (SSSR count). The van der Waals surface area contributed by atoms with E-state index in [4.69, 9.17) is 0 Å². The third-order valence-corrected chi connectivity index (χ3v) is 5.18. The summed E-state index contributed by atoms with van der Waals surface area (Å²) in [5.74, 6) is 0.625. The predicted octanol–water partition coefficient (Wildman–Crippen LogP) is 3.55. The van der Waals surface area contributed by atoms with Crippen LogP contribution in [0.4, 0.5) is 0 Å². The Morgan fingerprint density at radius 3 is 2.36 bits per heavy atom. The minimum atomic E-state index is -1.18. The molecular weight excluding hydrogens is 316 g/mol. The first-order chi connectivity index (χ1) is 11.4. The van der Waals surface area contributed by atoms with E-state index in [1.807, 2.05) is 6.08 Å². The van der Waals surface area contributed by atoms with Gasteiger partial charge in [-0.3, -0.25) is 4.79 Å². The van der Waals surface area contributed by atoms with Crippen molar-refractivity contribution in [2.45, 2.75) is 89.9 Å². The van der Waals surface area contributed by atoms with Crippen molar-refractivity contribution in [3.63, 3.8) is 0 Å². The molecule has 0 radical (unpaired) electrons. The van der Waals surface area contributed by atoms with Gasteiger partial charge < -0.3 is 15.3 Å². The lowest BCUT2D eigenvalue weighted by molar-refractivity contribution is -0.128. The zero-order valence-corrected chi connectivity index (χ0v) is 16.3. The van der Waals surface area contributed by atoms with Crippen LogP contribution in [0.1, 0.15) is 72.6 Å². The predicted molar refractivity (Wildman–Crippen MR) is 101 cm³/mol. The standard InChI is InChI=1S/C21H36O4/c1-15(2)17-7-6-11-20(4,24)13-18(22)14-21(5,25)12-10-19(23)16(3)8-9-17/h6-7,15,17,19,23-25H,3,8-14H2,1-2,4-5H3/b7-6+/t17-,19-,20+,21-/m0/s1. The third-order valence-electron chi connectivity index (χ3n) is 5.18. The van der Waals surface area contributed by atoms with E-state index in [1.54, 1.807) is 13.8 Å². The summed E-state index contributed by atoms with van der Waals surface area (Å²) in [5.41, 5.74) is -1.50. The minimum Gasteiger partial charge on any atom is -0.390 e. The van der Waals surface area contributed by atoms with Gasteiger partial charge in [0.1, 0.15) is 5.78 Å². The normalized spacial score (nSPS) is 38.2. The van der Waals surface area contributed by atoms with Gasteiger partial charge in [-0.1, -0.05) is 32.6 Å². The van der Waals surface area contributed by atoms with Gasteiger partial charge in [0.2, 0.25) is 0 Å². The van der Waals surface area contributed by atoms with Crippen LogP contribution in [0.3, 0.4) is 0 Å². The van der Waals surface area contributed by atoms with E-state index in [2.05, 4.69) is 26.5 Å². The molecule has 0 fully saturated rings. The monoisotopic (exact) mass is 352 g/mol. The van der Waals surface area contributed by atoms with Crippen molar-refractivity contribution in [2.75, 3.05) is 0 Å². The molecule has 0 spiro atoms. The van der Waals surface area contributed by atoms with Crippen molar-refractivity contribution in [2.24, 2.45) is 11.8 Å². The molecule has 0 heterocycles. The van der Waals surface area contributed by atoms with Gasteiger partial charge in [0.25, 0.3) is 0 Å². The molecule has 0 unspecified atom stereocenters. The van der Waals surface area contributed by atoms with E-state index in [0.717, 1.165) is 18.4 Å². The van der Waals surface area contributed by atoms with Crippen molar-refractivity contribution in [3.05, 3.63) is 24.3 Å². The fourth-order valence-electron chi connectivity index (χ4n) is 3.39. The average Bonchev–Trinajstić information content (AvgIpc) is 2.45. The lowest BCUT2D eigenvalue weighted by Crippen LogP contribution is -2.33. The molecule has 0 aromatic rings. The molecule has 3 N–H and O–H groups in total. The Labute approximate surface area is 152 Å². The molecule has 0 saturated heterocycles. The highest BCUT2D eigenvalue weighted by Gasteiger charge is 2.30. The van der Waals surface area contributed by atoms with E-state index in [9.17, 15) is 20.1 Å².